The zero-order valence-electron chi connectivity index (χ0n) is 13.1. The van der Waals surface area contributed by atoms with E-state index in [-0.39, 0.29) is 30.5 Å². The van der Waals surface area contributed by atoms with Crippen molar-refractivity contribution in [3.63, 3.8) is 0 Å². The first-order valence-electron chi connectivity index (χ1n) is 7.64. The van der Waals surface area contributed by atoms with Gasteiger partial charge in [0.2, 0.25) is 5.91 Å². The summed E-state index contributed by atoms with van der Waals surface area (Å²) in [6.45, 7) is 8.64. The summed E-state index contributed by atoms with van der Waals surface area (Å²) in [4.78, 5) is 14.3. The van der Waals surface area contributed by atoms with Crippen molar-refractivity contribution in [2.75, 3.05) is 13.2 Å². The van der Waals surface area contributed by atoms with Gasteiger partial charge in [-0.25, -0.2) is 0 Å². The lowest BCUT2D eigenvalue weighted by molar-refractivity contribution is -0.138. The number of aliphatic hydroxyl groups excluding tert-OH is 1. The molecule has 0 aliphatic carbocycles. The average Bonchev–Trinajstić information content (AvgIpc) is 2.37. The fraction of sp³-hybridized carbons (Fsp3) is 0.933. The number of nitrogens with zero attached hydrogens (tertiary/aromatic N) is 1. The van der Waals surface area contributed by atoms with Gasteiger partial charge in [-0.15, -0.1) is 0 Å². The molecule has 0 spiro atoms. The van der Waals surface area contributed by atoms with Gasteiger partial charge in [-0.05, 0) is 32.6 Å². The minimum absolute atomic E-state index is 0.0194. The number of nitrogens with two attached hydrogens (primary N) is 1. The third kappa shape index (κ3) is 6.92. The molecule has 0 aromatic rings. The molecule has 0 rings (SSSR count). The van der Waals surface area contributed by atoms with Crippen molar-refractivity contribution in [3.8, 4) is 0 Å². The van der Waals surface area contributed by atoms with Crippen LogP contribution < -0.4 is 5.73 Å². The minimum atomic E-state index is 0.0194. The van der Waals surface area contributed by atoms with Crippen LogP contribution in [0, 0.1) is 5.92 Å². The van der Waals surface area contributed by atoms with Crippen LogP contribution >= 0.6 is 0 Å². The van der Waals surface area contributed by atoms with Gasteiger partial charge in [0, 0.05) is 24.5 Å². The molecule has 0 heterocycles. The van der Waals surface area contributed by atoms with Crippen molar-refractivity contribution >= 4 is 5.91 Å². The van der Waals surface area contributed by atoms with Gasteiger partial charge in [-0.3, -0.25) is 4.79 Å². The first-order valence-corrected chi connectivity index (χ1v) is 7.64. The highest BCUT2D eigenvalue weighted by Crippen LogP contribution is 2.17. The predicted molar refractivity (Wildman–Crippen MR) is 79.8 cm³/mol. The molecule has 0 aliphatic rings. The second-order valence-electron chi connectivity index (χ2n) is 5.53. The number of carbonyl (C=O) groups is 1. The lowest BCUT2D eigenvalue weighted by atomic mass is 9.99. The van der Waals surface area contributed by atoms with Gasteiger partial charge in [-0.2, -0.15) is 0 Å². The first-order chi connectivity index (χ1) is 8.97. The Kier molecular flexibility index (Phi) is 9.88. The smallest absolute Gasteiger partial charge is 0.225 e. The summed E-state index contributed by atoms with van der Waals surface area (Å²) in [5, 5.41) is 9.15. The van der Waals surface area contributed by atoms with Crippen LogP contribution in [0.25, 0.3) is 0 Å². The maximum atomic E-state index is 12.5. The Morgan fingerprint density at radius 3 is 2.21 bits per heavy atom. The third-order valence-electron chi connectivity index (χ3n) is 3.73. The Morgan fingerprint density at radius 2 is 1.79 bits per heavy atom. The van der Waals surface area contributed by atoms with Crippen LogP contribution in [-0.2, 0) is 4.79 Å². The molecule has 2 unspecified atom stereocenters. The highest BCUT2D eigenvalue weighted by Gasteiger charge is 2.24. The maximum absolute atomic E-state index is 12.5. The van der Waals surface area contributed by atoms with E-state index >= 15 is 0 Å². The molecule has 4 nitrogen and oxygen atoms in total. The molecule has 0 fully saturated rings. The molecular weight excluding hydrogens is 240 g/mol. The predicted octanol–water partition coefficient (Wildman–Crippen LogP) is 2.15. The molecule has 0 aromatic carbocycles. The molecule has 2 atom stereocenters. The largest absolute Gasteiger partial charge is 0.395 e. The third-order valence-corrected chi connectivity index (χ3v) is 3.73. The van der Waals surface area contributed by atoms with Gasteiger partial charge < -0.3 is 15.7 Å². The maximum Gasteiger partial charge on any atom is 0.225 e. The highest BCUT2D eigenvalue weighted by molar-refractivity contribution is 5.78. The molecule has 0 saturated heterocycles. The summed E-state index contributed by atoms with van der Waals surface area (Å²) >= 11 is 0. The fourth-order valence-electron chi connectivity index (χ4n) is 2.46. The van der Waals surface area contributed by atoms with Crippen molar-refractivity contribution in [1.29, 1.82) is 0 Å². The van der Waals surface area contributed by atoms with Crippen molar-refractivity contribution in [1.82, 2.24) is 4.90 Å². The number of hydrogen-bond acceptors (Lipinski definition) is 3. The van der Waals surface area contributed by atoms with Gasteiger partial charge in [0.25, 0.3) is 0 Å². The van der Waals surface area contributed by atoms with E-state index in [4.69, 9.17) is 10.8 Å². The van der Waals surface area contributed by atoms with Crippen LogP contribution in [0.4, 0.5) is 0 Å². The van der Waals surface area contributed by atoms with Crippen molar-refractivity contribution in [2.24, 2.45) is 11.7 Å². The standard InChI is InChI=1S/C15H32N2O2/c1-5-14(6-2)17(10-11-18)15(19)12(3)8-7-9-13(4)16/h12-14,18H,5-11,16H2,1-4H3. The van der Waals surface area contributed by atoms with Crippen molar-refractivity contribution in [3.05, 3.63) is 0 Å². The minimum Gasteiger partial charge on any atom is -0.395 e. The molecule has 19 heavy (non-hydrogen) atoms. The van der Waals surface area contributed by atoms with Crippen LogP contribution in [0.2, 0.25) is 0 Å². The molecule has 0 aliphatic heterocycles. The lowest BCUT2D eigenvalue weighted by Gasteiger charge is -2.32. The van der Waals surface area contributed by atoms with E-state index < -0.39 is 0 Å². The normalized spacial score (nSPS) is 14.5. The molecular formula is C15H32N2O2. The molecule has 0 saturated carbocycles. The van der Waals surface area contributed by atoms with E-state index in [1.54, 1.807) is 0 Å². The Hall–Kier alpha value is -0.610. The molecule has 114 valence electrons. The summed E-state index contributed by atoms with van der Waals surface area (Å²) in [6.07, 6.45) is 4.70. The van der Waals surface area contributed by atoms with E-state index in [9.17, 15) is 4.79 Å². The number of hydrogen-bond donors (Lipinski definition) is 2. The molecule has 0 aromatic heterocycles. The topological polar surface area (TPSA) is 66.6 Å². The summed E-state index contributed by atoms with van der Waals surface area (Å²) in [5.41, 5.74) is 5.73. The van der Waals surface area contributed by atoms with Gasteiger partial charge >= 0.3 is 0 Å². The molecule has 0 radical (unpaired) electrons. The zero-order valence-corrected chi connectivity index (χ0v) is 13.1. The number of carbonyl (C=O) groups excluding carboxylic acids is 1. The van der Waals surface area contributed by atoms with Crippen LogP contribution in [-0.4, -0.2) is 41.1 Å². The quantitative estimate of drug-likeness (QED) is 0.640. The molecule has 1 amide bonds. The highest BCUT2D eigenvalue weighted by atomic mass is 16.3. The summed E-state index contributed by atoms with van der Waals surface area (Å²) in [7, 11) is 0. The SMILES string of the molecule is CCC(CC)N(CCO)C(=O)C(C)CCCC(C)N. The van der Waals surface area contributed by atoms with Gasteiger partial charge in [0.1, 0.15) is 0 Å². The second-order valence-corrected chi connectivity index (χ2v) is 5.53. The first kappa shape index (κ1) is 18.4. The van der Waals surface area contributed by atoms with Crippen LogP contribution in [0.1, 0.15) is 59.8 Å². The summed E-state index contributed by atoms with van der Waals surface area (Å²) in [5.74, 6) is 0.193. The van der Waals surface area contributed by atoms with Crippen LogP contribution in [0.3, 0.4) is 0 Å². The summed E-state index contributed by atoms with van der Waals surface area (Å²) in [6, 6.07) is 0.449. The zero-order chi connectivity index (χ0) is 14.8. The second kappa shape index (κ2) is 10.2. The number of amides is 1. The monoisotopic (exact) mass is 272 g/mol. The summed E-state index contributed by atoms with van der Waals surface area (Å²) < 4.78 is 0. The molecule has 4 heteroatoms. The average molecular weight is 272 g/mol. The van der Waals surface area contributed by atoms with E-state index in [0.29, 0.717) is 6.54 Å². The van der Waals surface area contributed by atoms with E-state index in [0.717, 1.165) is 32.1 Å². The van der Waals surface area contributed by atoms with Gasteiger partial charge in [-0.1, -0.05) is 27.2 Å². The molecule has 3 N–H and O–H groups in total. The van der Waals surface area contributed by atoms with E-state index in [1.807, 2.05) is 18.7 Å². The van der Waals surface area contributed by atoms with E-state index in [1.165, 1.54) is 0 Å². The Morgan fingerprint density at radius 1 is 1.21 bits per heavy atom. The lowest BCUT2D eigenvalue weighted by Crippen LogP contribution is -2.44. The van der Waals surface area contributed by atoms with Crippen molar-refractivity contribution < 1.29 is 9.90 Å². The Bertz CT molecular complexity index is 240. The molecule has 0 bridgehead atoms. The Balaban J connectivity index is 4.43. The van der Waals surface area contributed by atoms with Crippen molar-refractivity contribution in [2.45, 2.75) is 71.9 Å². The Labute approximate surface area is 118 Å². The van der Waals surface area contributed by atoms with Crippen LogP contribution in [0.15, 0.2) is 0 Å². The van der Waals surface area contributed by atoms with Gasteiger partial charge in [0.15, 0.2) is 0 Å². The van der Waals surface area contributed by atoms with E-state index in [2.05, 4.69) is 13.8 Å². The fourth-order valence-corrected chi connectivity index (χ4v) is 2.46. The number of rotatable bonds is 10. The van der Waals surface area contributed by atoms with Crippen LogP contribution in [0.5, 0.6) is 0 Å². The van der Waals surface area contributed by atoms with Gasteiger partial charge in [0.05, 0.1) is 6.61 Å². The number of aliphatic hydroxyl groups is 1.